The van der Waals surface area contributed by atoms with Gasteiger partial charge < -0.3 is 15.0 Å². The van der Waals surface area contributed by atoms with Crippen molar-refractivity contribution in [2.45, 2.75) is 13.3 Å². The largest absolute Gasteiger partial charge is 0.508 e. The Balaban J connectivity index is 1.52. The molecule has 0 bridgehead atoms. The van der Waals surface area contributed by atoms with Crippen molar-refractivity contribution in [2.24, 2.45) is 7.05 Å². The van der Waals surface area contributed by atoms with Crippen molar-refractivity contribution < 1.29 is 9.90 Å². The minimum absolute atomic E-state index is 0.130. The van der Waals surface area contributed by atoms with Crippen LogP contribution < -0.4 is 5.32 Å². The van der Waals surface area contributed by atoms with Crippen molar-refractivity contribution >= 4 is 33.1 Å². The topological polar surface area (TPSA) is 71.6 Å². The minimum atomic E-state index is -0.130. The Labute approximate surface area is 148 Å². The zero-order chi connectivity index (χ0) is 17.6. The third-order valence-corrected chi connectivity index (χ3v) is 5.28. The number of nitrogens with one attached hydrogen (secondary N) is 1. The van der Waals surface area contributed by atoms with Crippen LogP contribution in [0.25, 0.3) is 15.9 Å². The molecule has 0 spiro atoms. The molecule has 4 rings (SSSR count). The molecule has 3 aromatic heterocycles. The standard InChI is InChI=1S/C18H18N4O2S/c1-11-16(14-9-13(23)3-4-15(14)21(11)2)17(24)19-6-5-12-10-22-7-8-25-18(22)20-12/h3-4,7-10,23H,5-6H2,1-2H3,(H,19,24). The van der Waals surface area contributed by atoms with E-state index in [1.807, 2.05) is 46.8 Å². The average molecular weight is 354 g/mol. The number of nitrogens with zero attached hydrogens (tertiary/aromatic N) is 3. The summed E-state index contributed by atoms with van der Waals surface area (Å²) < 4.78 is 3.95. The van der Waals surface area contributed by atoms with Crippen LogP contribution in [0, 0.1) is 6.92 Å². The lowest BCUT2D eigenvalue weighted by Crippen LogP contribution is -2.26. The van der Waals surface area contributed by atoms with Gasteiger partial charge in [-0.15, -0.1) is 11.3 Å². The molecule has 128 valence electrons. The quantitative estimate of drug-likeness (QED) is 0.592. The number of hydrogen-bond donors (Lipinski definition) is 2. The number of phenols is 1. The first-order chi connectivity index (χ1) is 12.0. The van der Waals surface area contributed by atoms with E-state index in [2.05, 4.69) is 10.3 Å². The lowest BCUT2D eigenvalue weighted by Gasteiger charge is -2.05. The summed E-state index contributed by atoms with van der Waals surface area (Å²) in [5.41, 5.74) is 3.37. The predicted molar refractivity (Wildman–Crippen MR) is 98.4 cm³/mol. The van der Waals surface area contributed by atoms with Gasteiger partial charge in [0.25, 0.3) is 5.91 Å². The molecule has 1 aromatic carbocycles. The van der Waals surface area contributed by atoms with Gasteiger partial charge in [-0.1, -0.05) is 0 Å². The van der Waals surface area contributed by atoms with E-state index in [4.69, 9.17) is 0 Å². The fourth-order valence-corrected chi connectivity index (χ4v) is 3.85. The van der Waals surface area contributed by atoms with Gasteiger partial charge in [-0.2, -0.15) is 0 Å². The Morgan fingerprint density at radius 2 is 2.24 bits per heavy atom. The summed E-state index contributed by atoms with van der Waals surface area (Å²) in [5, 5.41) is 15.5. The van der Waals surface area contributed by atoms with E-state index in [9.17, 15) is 9.90 Å². The molecule has 4 aromatic rings. The molecule has 0 atom stereocenters. The number of aromatic hydroxyl groups is 1. The molecule has 3 heterocycles. The van der Waals surface area contributed by atoms with Gasteiger partial charge in [-0.05, 0) is 25.1 Å². The van der Waals surface area contributed by atoms with E-state index in [1.54, 1.807) is 23.5 Å². The van der Waals surface area contributed by atoms with Crippen LogP contribution in [0.3, 0.4) is 0 Å². The number of imidazole rings is 1. The lowest BCUT2D eigenvalue weighted by molar-refractivity contribution is 0.0955. The molecule has 0 radical (unpaired) electrons. The third-order valence-electron chi connectivity index (χ3n) is 4.51. The zero-order valence-corrected chi connectivity index (χ0v) is 14.8. The Kier molecular flexibility index (Phi) is 3.73. The number of carbonyl (C=O) groups is 1. The summed E-state index contributed by atoms with van der Waals surface area (Å²) in [4.78, 5) is 18.2. The first-order valence-electron chi connectivity index (χ1n) is 8.02. The second-order valence-corrected chi connectivity index (χ2v) is 6.92. The SMILES string of the molecule is Cc1c(C(=O)NCCc2cn3ccsc3n2)c2cc(O)ccc2n1C. The molecule has 0 aliphatic rings. The highest BCUT2D eigenvalue weighted by atomic mass is 32.1. The van der Waals surface area contributed by atoms with Crippen molar-refractivity contribution in [2.75, 3.05) is 6.54 Å². The normalized spacial score (nSPS) is 11.4. The van der Waals surface area contributed by atoms with E-state index in [0.717, 1.165) is 27.3 Å². The smallest absolute Gasteiger partial charge is 0.253 e. The molecule has 0 aliphatic carbocycles. The maximum atomic E-state index is 12.7. The molecular formula is C18H18N4O2S. The summed E-state index contributed by atoms with van der Waals surface area (Å²) in [5.74, 6) is 0.0277. The number of fused-ring (bicyclic) bond motifs is 2. The first-order valence-corrected chi connectivity index (χ1v) is 8.90. The molecule has 25 heavy (non-hydrogen) atoms. The highest BCUT2D eigenvalue weighted by molar-refractivity contribution is 7.15. The highest BCUT2D eigenvalue weighted by Gasteiger charge is 2.18. The number of amides is 1. The fraction of sp³-hybridized carbons (Fsp3) is 0.222. The third kappa shape index (κ3) is 2.66. The number of aromatic nitrogens is 3. The van der Waals surface area contributed by atoms with E-state index in [1.165, 1.54) is 0 Å². The molecule has 0 saturated carbocycles. The summed E-state index contributed by atoms with van der Waals surface area (Å²) in [7, 11) is 1.92. The van der Waals surface area contributed by atoms with Crippen LogP contribution in [0.15, 0.2) is 36.0 Å². The maximum Gasteiger partial charge on any atom is 0.253 e. The van der Waals surface area contributed by atoms with Crippen LogP contribution in [-0.2, 0) is 13.5 Å². The van der Waals surface area contributed by atoms with Gasteiger partial charge in [0.15, 0.2) is 4.96 Å². The molecule has 0 unspecified atom stereocenters. The molecule has 1 amide bonds. The van der Waals surface area contributed by atoms with E-state index >= 15 is 0 Å². The van der Waals surface area contributed by atoms with Crippen LogP contribution in [0.4, 0.5) is 0 Å². The summed E-state index contributed by atoms with van der Waals surface area (Å²) >= 11 is 1.59. The van der Waals surface area contributed by atoms with E-state index in [-0.39, 0.29) is 11.7 Å². The van der Waals surface area contributed by atoms with Gasteiger partial charge in [0.05, 0.1) is 11.3 Å². The number of phenolic OH excluding ortho intramolecular Hbond substituents is 1. The van der Waals surface area contributed by atoms with Crippen LogP contribution in [0.2, 0.25) is 0 Å². The molecule has 2 N–H and O–H groups in total. The van der Waals surface area contributed by atoms with Crippen LogP contribution in [-0.4, -0.2) is 31.5 Å². The molecule has 0 aliphatic heterocycles. The van der Waals surface area contributed by atoms with Gasteiger partial charge >= 0.3 is 0 Å². The maximum absolute atomic E-state index is 12.7. The molecular weight excluding hydrogens is 336 g/mol. The van der Waals surface area contributed by atoms with Crippen molar-refractivity contribution in [3.05, 3.63) is 52.9 Å². The van der Waals surface area contributed by atoms with Gasteiger partial charge in [0, 0.05) is 54.4 Å². The summed E-state index contributed by atoms with van der Waals surface area (Å²) in [6, 6.07) is 5.10. The van der Waals surface area contributed by atoms with Gasteiger partial charge in [-0.3, -0.25) is 9.20 Å². The fourth-order valence-electron chi connectivity index (χ4n) is 3.14. The number of benzene rings is 1. The van der Waals surface area contributed by atoms with Crippen LogP contribution in [0.5, 0.6) is 5.75 Å². The number of thiazole rings is 1. The first kappa shape index (κ1) is 15.7. The number of rotatable bonds is 4. The second kappa shape index (κ2) is 5.93. The van der Waals surface area contributed by atoms with Crippen molar-refractivity contribution in [1.29, 1.82) is 0 Å². The molecule has 6 nitrogen and oxygen atoms in total. The monoisotopic (exact) mass is 354 g/mol. The van der Waals surface area contributed by atoms with Crippen molar-refractivity contribution in [3.8, 4) is 5.75 Å². The Hall–Kier alpha value is -2.80. The average Bonchev–Trinajstić information content (AvgIpc) is 3.21. The molecule has 7 heteroatoms. The van der Waals surface area contributed by atoms with Gasteiger partial charge in [0.1, 0.15) is 5.75 Å². The summed E-state index contributed by atoms with van der Waals surface area (Å²) in [6.07, 6.45) is 4.63. The molecule has 0 fully saturated rings. The second-order valence-electron chi connectivity index (χ2n) is 6.05. The van der Waals surface area contributed by atoms with Crippen LogP contribution in [0.1, 0.15) is 21.7 Å². The minimum Gasteiger partial charge on any atom is -0.508 e. The van der Waals surface area contributed by atoms with Crippen molar-refractivity contribution in [1.82, 2.24) is 19.3 Å². The van der Waals surface area contributed by atoms with Crippen LogP contribution >= 0.6 is 11.3 Å². The lowest BCUT2D eigenvalue weighted by atomic mass is 10.1. The molecule has 0 saturated heterocycles. The number of hydrogen-bond acceptors (Lipinski definition) is 4. The number of carbonyl (C=O) groups excluding carboxylic acids is 1. The highest BCUT2D eigenvalue weighted by Crippen LogP contribution is 2.28. The van der Waals surface area contributed by atoms with Gasteiger partial charge in [0.2, 0.25) is 0 Å². The Bertz CT molecular complexity index is 1060. The number of aryl methyl sites for hydroxylation is 1. The summed E-state index contributed by atoms with van der Waals surface area (Å²) in [6.45, 7) is 2.42. The van der Waals surface area contributed by atoms with Gasteiger partial charge in [-0.25, -0.2) is 4.98 Å². The van der Waals surface area contributed by atoms with E-state index < -0.39 is 0 Å². The Morgan fingerprint density at radius 1 is 1.40 bits per heavy atom. The van der Waals surface area contributed by atoms with E-state index in [0.29, 0.717) is 18.5 Å². The van der Waals surface area contributed by atoms with Crippen molar-refractivity contribution in [3.63, 3.8) is 0 Å². The predicted octanol–water partition coefficient (Wildman–Crippen LogP) is 2.87. The Morgan fingerprint density at radius 3 is 3.04 bits per heavy atom. The zero-order valence-electron chi connectivity index (χ0n) is 14.0.